The van der Waals surface area contributed by atoms with Crippen LogP contribution in [0.2, 0.25) is 0 Å². The standard InChI is InChI=1S/C13H19N5S/c1-2-6-16-13(18-11-14)17-8-9-19-10-12-5-3-4-7-15-12/h3-5,7H,2,6,8-10H2,1H3,(H2,16,17,18). The van der Waals surface area contributed by atoms with Gasteiger partial charge in [0.15, 0.2) is 6.19 Å². The normalized spacial score (nSPS) is 10.8. The molecule has 0 aliphatic heterocycles. The first-order valence-corrected chi connectivity index (χ1v) is 7.43. The lowest BCUT2D eigenvalue weighted by Crippen LogP contribution is -2.36. The number of thioether (sulfide) groups is 1. The molecule has 0 bridgehead atoms. The molecule has 102 valence electrons. The molecule has 0 spiro atoms. The Hall–Kier alpha value is -1.74. The van der Waals surface area contributed by atoms with E-state index in [1.807, 2.05) is 24.4 Å². The zero-order valence-corrected chi connectivity index (χ0v) is 11.9. The fourth-order valence-electron chi connectivity index (χ4n) is 1.32. The van der Waals surface area contributed by atoms with Gasteiger partial charge in [0, 0.05) is 30.8 Å². The summed E-state index contributed by atoms with van der Waals surface area (Å²) in [5, 5.41) is 14.3. The maximum Gasteiger partial charge on any atom is 0.204 e. The van der Waals surface area contributed by atoms with E-state index in [-0.39, 0.29) is 0 Å². The second-order valence-electron chi connectivity index (χ2n) is 3.77. The maximum atomic E-state index is 8.59. The summed E-state index contributed by atoms with van der Waals surface area (Å²) in [4.78, 5) is 8.50. The molecule has 0 aliphatic carbocycles. The van der Waals surface area contributed by atoms with Crippen LogP contribution in [0.5, 0.6) is 0 Å². The average Bonchev–Trinajstić information content (AvgIpc) is 2.45. The van der Waals surface area contributed by atoms with Crippen LogP contribution in [0.15, 0.2) is 29.4 Å². The highest BCUT2D eigenvalue weighted by molar-refractivity contribution is 7.98. The fraction of sp³-hybridized carbons (Fsp3) is 0.462. The van der Waals surface area contributed by atoms with Gasteiger partial charge in [0.2, 0.25) is 5.96 Å². The lowest BCUT2D eigenvalue weighted by atomic mass is 10.4. The van der Waals surface area contributed by atoms with E-state index in [2.05, 4.69) is 27.5 Å². The summed E-state index contributed by atoms with van der Waals surface area (Å²) >= 11 is 1.80. The molecule has 5 nitrogen and oxygen atoms in total. The Morgan fingerprint density at radius 1 is 1.53 bits per heavy atom. The molecule has 0 aliphatic rings. The Bertz CT molecular complexity index is 413. The summed E-state index contributed by atoms with van der Waals surface area (Å²) < 4.78 is 0. The molecule has 6 heteroatoms. The number of aliphatic imine (C=N–C) groups is 1. The van der Waals surface area contributed by atoms with Gasteiger partial charge in [-0.05, 0) is 18.6 Å². The number of aromatic nitrogens is 1. The van der Waals surface area contributed by atoms with Crippen LogP contribution < -0.4 is 10.6 Å². The van der Waals surface area contributed by atoms with Crippen LogP contribution >= 0.6 is 11.8 Å². The molecule has 1 aromatic rings. The molecule has 1 rings (SSSR count). The molecule has 0 saturated carbocycles. The van der Waals surface area contributed by atoms with E-state index in [9.17, 15) is 0 Å². The van der Waals surface area contributed by atoms with Gasteiger partial charge in [-0.2, -0.15) is 17.0 Å². The van der Waals surface area contributed by atoms with Gasteiger partial charge in [-0.3, -0.25) is 15.3 Å². The van der Waals surface area contributed by atoms with Crippen molar-refractivity contribution in [3.63, 3.8) is 0 Å². The van der Waals surface area contributed by atoms with Gasteiger partial charge in [-0.15, -0.1) is 0 Å². The summed E-state index contributed by atoms with van der Waals surface area (Å²) in [5.74, 6) is 2.40. The highest BCUT2D eigenvalue weighted by atomic mass is 32.2. The van der Waals surface area contributed by atoms with Crippen LogP contribution in [0.4, 0.5) is 0 Å². The molecule has 2 N–H and O–H groups in total. The second kappa shape index (κ2) is 10.2. The zero-order valence-electron chi connectivity index (χ0n) is 11.1. The minimum absolute atomic E-state index is 0.558. The van der Waals surface area contributed by atoms with Gasteiger partial charge in [-0.25, -0.2) is 0 Å². The highest BCUT2D eigenvalue weighted by Crippen LogP contribution is 2.07. The predicted octanol–water partition coefficient (Wildman–Crippen LogP) is 1.74. The topological polar surface area (TPSA) is 73.1 Å². The van der Waals surface area contributed by atoms with Gasteiger partial charge in [0.05, 0.1) is 5.69 Å². The lowest BCUT2D eigenvalue weighted by molar-refractivity contribution is 0.874. The van der Waals surface area contributed by atoms with Crippen LogP contribution in [0.3, 0.4) is 0 Å². The number of nitrogens with one attached hydrogen (secondary N) is 2. The number of pyridine rings is 1. The fourth-order valence-corrected chi connectivity index (χ4v) is 2.09. The molecule has 1 aromatic heterocycles. The largest absolute Gasteiger partial charge is 0.355 e. The SMILES string of the molecule is CCCN=C(NC#N)NCCSCc1ccccn1. The van der Waals surface area contributed by atoms with Gasteiger partial charge in [0.1, 0.15) is 0 Å². The first-order valence-electron chi connectivity index (χ1n) is 6.28. The Kier molecular flexibility index (Phi) is 8.23. The Labute approximate surface area is 118 Å². The zero-order chi connectivity index (χ0) is 13.8. The minimum atomic E-state index is 0.558. The van der Waals surface area contributed by atoms with Crippen LogP contribution in [0.25, 0.3) is 0 Å². The molecular formula is C13H19N5S. The minimum Gasteiger partial charge on any atom is -0.355 e. The number of guanidine groups is 1. The molecule has 0 atom stereocenters. The van der Waals surface area contributed by atoms with Crippen molar-refractivity contribution in [1.82, 2.24) is 15.6 Å². The monoisotopic (exact) mass is 277 g/mol. The molecule has 1 heterocycles. The number of hydrogen-bond donors (Lipinski definition) is 2. The number of nitriles is 1. The first kappa shape index (κ1) is 15.3. The summed E-state index contributed by atoms with van der Waals surface area (Å²) in [6.45, 7) is 3.54. The van der Waals surface area contributed by atoms with Crippen molar-refractivity contribution in [2.24, 2.45) is 4.99 Å². The highest BCUT2D eigenvalue weighted by Gasteiger charge is 1.97. The van der Waals surface area contributed by atoms with Gasteiger partial charge < -0.3 is 5.32 Å². The van der Waals surface area contributed by atoms with E-state index in [1.54, 1.807) is 18.0 Å². The summed E-state index contributed by atoms with van der Waals surface area (Å²) in [5.41, 5.74) is 1.09. The van der Waals surface area contributed by atoms with Gasteiger partial charge >= 0.3 is 0 Å². The van der Waals surface area contributed by atoms with Crippen LogP contribution in [0, 0.1) is 11.5 Å². The lowest BCUT2D eigenvalue weighted by Gasteiger charge is -2.07. The van der Waals surface area contributed by atoms with Crippen molar-refractivity contribution in [2.45, 2.75) is 19.1 Å². The van der Waals surface area contributed by atoms with Gasteiger partial charge in [0.25, 0.3) is 0 Å². The second-order valence-corrected chi connectivity index (χ2v) is 4.87. The van der Waals surface area contributed by atoms with Crippen LogP contribution in [-0.4, -0.2) is 29.8 Å². The van der Waals surface area contributed by atoms with Crippen molar-refractivity contribution < 1.29 is 0 Å². The average molecular weight is 277 g/mol. The summed E-state index contributed by atoms with van der Waals surface area (Å²) in [7, 11) is 0. The third-order valence-corrected chi connectivity index (χ3v) is 3.18. The summed E-state index contributed by atoms with van der Waals surface area (Å²) in [6.07, 6.45) is 4.65. The van der Waals surface area contributed by atoms with Crippen molar-refractivity contribution in [3.05, 3.63) is 30.1 Å². The number of rotatable bonds is 7. The molecular weight excluding hydrogens is 258 g/mol. The van der Waals surface area contributed by atoms with Crippen molar-refractivity contribution in [2.75, 3.05) is 18.8 Å². The van der Waals surface area contributed by atoms with E-state index in [4.69, 9.17) is 5.26 Å². The van der Waals surface area contributed by atoms with Crippen molar-refractivity contribution in [3.8, 4) is 6.19 Å². The molecule has 0 fully saturated rings. The molecule has 0 saturated heterocycles. The van der Waals surface area contributed by atoms with E-state index in [0.717, 1.165) is 36.7 Å². The maximum absolute atomic E-state index is 8.59. The predicted molar refractivity (Wildman–Crippen MR) is 79.7 cm³/mol. The Balaban J connectivity index is 2.17. The van der Waals surface area contributed by atoms with Crippen LogP contribution in [-0.2, 0) is 5.75 Å². The number of hydrogen-bond acceptors (Lipinski definition) is 4. The van der Waals surface area contributed by atoms with Crippen molar-refractivity contribution >= 4 is 17.7 Å². The van der Waals surface area contributed by atoms with E-state index < -0.39 is 0 Å². The van der Waals surface area contributed by atoms with E-state index >= 15 is 0 Å². The Morgan fingerprint density at radius 2 is 2.42 bits per heavy atom. The molecule has 0 unspecified atom stereocenters. The molecule has 0 radical (unpaired) electrons. The molecule has 0 aromatic carbocycles. The first-order chi connectivity index (χ1) is 9.36. The third-order valence-electron chi connectivity index (χ3n) is 2.18. The van der Waals surface area contributed by atoms with Crippen molar-refractivity contribution in [1.29, 1.82) is 5.26 Å². The molecule has 0 amide bonds. The van der Waals surface area contributed by atoms with Crippen LogP contribution in [0.1, 0.15) is 19.0 Å². The van der Waals surface area contributed by atoms with E-state index in [0.29, 0.717) is 5.96 Å². The molecule has 19 heavy (non-hydrogen) atoms. The smallest absolute Gasteiger partial charge is 0.204 e. The summed E-state index contributed by atoms with van der Waals surface area (Å²) in [6, 6.07) is 5.93. The third kappa shape index (κ3) is 7.32. The Morgan fingerprint density at radius 3 is 3.11 bits per heavy atom. The van der Waals surface area contributed by atoms with E-state index in [1.165, 1.54) is 0 Å². The quantitative estimate of drug-likeness (QED) is 0.261. The van der Waals surface area contributed by atoms with Gasteiger partial charge in [-0.1, -0.05) is 13.0 Å². The number of nitrogens with zero attached hydrogens (tertiary/aromatic N) is 3.